The van der Waals surface area contributed by atoms with Crippen LogP contribution in [0.25, 0.3) is 0 Å². The van der Waals surface area contributed by atoms with Crippen LogP contribution in [0.15, 0.2) is 17.0 Å². The third kappa shape index (κ3) is 4.46. The number of nitrogens with one attached hydrogen (secondary N) is 1. The van der Waals surface area contributed by atoms with Crippen molar-refractivity contribution in [1.82, 2.24) is 4.72 Å². The molecule has 2 N–H and O–H groups in total. The van der Waals surface area contributed by atoms with Crippen LogP contribution in [-0.4, -0.2) is 26.7 Å². The predicted octanol–water partition coefficient (Wildman–Crippen LogP) is 1.93. The van der Waals surface area contributed by atoms with Crippen LogP contribution in [0.2, 0.25) is 0 Å². The van der Waals surface area contributed by atoms with Gasteiger partial charge in [-0.15, -0.1) is 0 Å². The highest BCUT2D eigenvalue weighted by Crippen LogP contribution is 2.19. The van der Waals surface area contributed by atoms with Crippen LogP contribution in [0.4, 0.5) is 13.2 Å². The van der Waals surface area contributed by atoms with Crippen molar-refractivity contribution >= 4 is 10.0 Å². The van der Waals surface area contributed by atoms with Gasteiger partial charge in [0.15, 0.2) is 17.5 Å². The summed E-state index contributed by atoms with van der Waals surface area (Å²) in [5, 5.41) is 8.56. The molecule has 0 aliphatic rings. The molecule has 0 unspecified atom stereocenters. The molecule has 1 aromatic rings. The quantitative estimate of drug-likeness (QED) is 0.569. The molecule has 0 radical (unpaired) electrons. The minimum Gasteiger partial charge on any atom is -0.396 e. The monoisotopic (exact) mass is 311 g/mol. The highest BCUT2D eigenvalue weighted by Gasteiger charge is 2.23. The van der Waals surface area contributed by atoms with Gasteiger partial charge in [0.25, 0.3) is 0 Å². The Kier molecular flexibility index (Phi) is 6.44. The summed E-state index contributed by atoms with van der Waals surface area (Å²) in [5.41, 5.74) is 0. The molecule has 1 rings (SSSR count). The van der Waals surface area contributed by atoms with E-state index in [9.17, 15) is 21.6 Å². The molecule has 0 aliphatic heterocycles. The van der Waals surface area contributed by atoms with Crippen molar-refractivity contribution in [2.75, 3.05) is 13.2 Å². The molecular weight excluding hydrogens is 295 g/mol. The first-order valence-electron chi connectivity index (χ1n) is 6.14. The average molecular weight is 311 g/mol. The highest BCUT2D eigenvalue weighted by atomic mass is 32.2. The van der Waals surface area contributed by atoms with Gasteiger partial charge in [-0.05, 0) is 25.0 Å². The van der Waals surface area contributed by atoms with Crippen molar-refractivity contribution < 1.29 is 26.7 Å². The number of aliphatic hydroxyl groups is 1. The van der Waals surface area contributed by atoms with E-state index < -0.39 is 32.4 Å². The summed E-state index contributed by atoms with van der Waals surface area (Å²) in [6.07, 6.45) is 2.58. The predicted molar refractivity (Wildman–Crippen MR) is 67.1 cm³/mol. The fourth-order valence-corrected chi connectivity index (χ4v) is 2.73. The fraction of sp³-hybridized carbons (Fsp3) is 0.500. The van der Waals surface area contributed by atoms with Gasteiger partial charge < -0.3 is 5.11 Å². The molecule has 0 atom stereocenters. The number of rotatable bonds is 8. The van der Waals surface area contributed by atoms with Gasteiger partial charge in [-0.25, -0.2) is 26.3 Å². The molecule has 20 heavy (non-hydrogen) atoms. The number of halogens is 3. The topological polar surface area (TPSA) is 66.4 Å². The molecule has 0 spiro atoms. The van der Waals surface area contributed by atoms with E-state index in [1.807, 2.05) is 0 Å². The van der Waals surface area contributed by atoms with E-state index in [0.29, 0.717) is 31.4 Å². The molecule has 0 fully saturated rings. The SMILES string of the molecule is O=S(=O)(NCCCCCCO)c1ccc(F)c(F)c1F. The Bertz CT molecular complexity index is 549. The lowest BCUT2D eigenvalue weighted by Gasteiger charge is -2.08. The second kappa shape index (κ2) is 7.61. The number of hydrogen-bond donors (Lipinski definition) is 2. The molecule has 1 aromatic carbocycles. The summed E-state index contributed by atoms with van der Waals surface area (Å²) in [6, 6.07) is 1.25. The maximum absolute atomic E-state index is 13.4. The van der Waals surface area contributed by atoms with E-state index in [1.165, 1.54) is 0 Å². The van der Waals surface area contributed by atoms with Crippen LogP contribution in [-0.2, 0) is 10.0 Å². The summed E-state index contributed by atoms with van der Waals surface area (Å²) in [4.78, 5) is -0.910. The Balaban J connectivity index is 2.63. The summed E-state index contributed by atoms with van der Waals surface area (Å²) in [6.45, 7) is 0.137. The van der Waals surface area contributed by atoms with E-state index in [-0.39, 0.29) is 13.2 Å². The number of aliphatic hydroxyl groups excluding tert-OH is 1. The molecule has 8 heteroatoms. The van der Waals surface area contributed by atoms with Crippen LogP contribution in [0.1, 0.15) is 25.7 Å². The number of sulfonamides is 1. The third-order valence-electron chi connectivity index (χ3n) is 2.67. The van der Waals surface area contributed by atoms with Crippen LogP contribution in [0, 0.1) is 17.5 Å². The van der Waals surface area contributed by atoms with Gasteiger partial charge >= 0.3 is 0 Å². The van der Waals surface area contributed by atoms with E-state index in [2.05, 4.69) is 4.72 Å². The molecular formula is C12H16F3NO3S. The zero-order chi connectivity index (χ0) is 15.2. The second-order valence-corrected chi connectivity index (χ2v) is 5.94. The maximum atomic E-state index is 13.4. The van der Waals surface area contributed by atoms with Gasteiger partial charge in [0.1, 0.15) is 4.90 Å². The van der Waals surface area contributed by atoms with Crippen LogP contribution in [0.5, 0.6) is 0 Å². The van der Waals surface area contributed by atoms with E-state index in [0.717, 1.165) is 6.42 Å². The molecule has 0 saturated carbocycles. The first-order valence-corrected chi connectivity index (χ1v) is 7.62. The molecule has 4 nitrogen and oxygen atoms in total. The molecule has 0 heterocycles. The van der Waals surface area contributed by atoms with Gasteiger partial charge in [-0.2, -0.15) is 0 Å². The molecule has 0 aromatic heterocycles. The van der Waals surface area contributed by atoms with E-state index in [1.54, 1.807) is 0 Å². The van der Waals surface area contributed by atoms with Crippen LogP contribution < -0.4 is 4.72 Å². The van der Waals surface area contributed by atoms with Crippen molar-refractivity contribution in [1.29, 1.82) is 0 Å². The largest absolute Gasteiger partial charge is 0.396 e. The summed E-state index contributed by atoms with van der Waals surface area (Å²) in [5.74, 6) is -4.97. The molecule has 0 amide bonds. The Labute approximate surface area is 115 Å². The van der Waals surface area contributed by atoms with Gasteiger partial charge in [0.05, 0.1) is 0 Å². The molecule has 0 bridgehead atoms. The molecule has 114 valence electrons. The Hall–Kier alpha value is -1.12. The zero-order valence-corrected chi connectivity index (χ0v) is 11.5. The Morgan fingerprint density at radius 2 is 1.65 bits per heavy atom. The van der Waals surface area contributed by atoms with Crippen molar-refractivity contribution in [3.63, 3.8) is 0 Å². The highest BCUT2D eigenvalue weighted by molar-refractivity contribution is 7.89. The summed E-state index contributed by atoms with van der Waals surface area (Å²) in [7, 11) is -4.20. The summed E-state index contributed by atoms with van der Waals surface area (Å²) >= 11 is 0. The zero-order valence-electron chi connectivity index (χ0n) is 10.7. The third-order valence-corrected chi connectivity index (χ3v) is 4.14. The number of unbranched alkanes of at least 4 members (excludes halogenated alkanes) is 3. The minimum absolute atomic E-state index is 0.0617. The fourth-order valence-electron chi connectivity index (χ4n) is 1.59. The molecule has 0 saturated heterocycles. The molecule has 0 aliphatic carbocycles. The van der Waals surface area contributed by atoms with Gasteiger partial charge in [-0.3, -0.25) is 0 Å². The second-order valence-electron chi connectivity index (χ2n) is 4.21. The van der Waals surface area contributed by atoms with Gasteiger partial charge in [-0.1, -0.05) is 12.8 Å². The lowest BCUT2D eigenvalue weighted by atomic mass is 10.2. The smallest absolute Gasteiger partial charge is 0.243 e. The van der Waals surface area contributed by atoms with Crippen molar-refractivity contribution in [2.24, 2.45) is 0 Å². The Morgan fingerprint density at radius 1 is 1.00 bits per heavy atom. The minimum atomic E-state index is -4.20. The van der Waals surface area contributed by atoms with Gasteiger partial charge in [0, 0.05) is 13.2 Å². The van der Waals surface area contributed by atoms with Crippen LogP contribution >= 0.6 is 0 Å². The summed E-state index contributed by atoms with van der Waals surface area (Å²) < 4.78 is 64.6. The van der Waals surface area contributed by atoms with E-state index >= 15 is 0 Å². The number of hydrogen-bond acceptors (Lipinski definition) is 3. The average Bonchev–Trinajstić information content (AvgIpc) is 2.39. The lowest BCUT2D eigenvalue weighted by molar-refractivity contribution is 0.282. The Morgan fingerprint density at radius 3 is 2.30 bits per heavy atom. The lowest BCUT2D eigenvalue weighted by Crippen LogP contribution is -2.26. The van der Waals surface area contributed by atoms with Gasteiger partial charge in [0.2, 0.25) is 10.0 Å². The van der Waals surface area contributed by atoms with Crippen LogP contribution in [0.3, 0.4) is 0 Å². The van der Waals surface area contributed by atoms with Crippen molar-refractivity contribution in [2.45, 2.75) is 30.6 Å². The van der Waals surface area contributed by atoms with Crippen molar-refractivity contribution in [3.05, 3.63) is 29.6 Å². The number of benzene rings is 1. The normalized spacial score (nSPS) is 11.8. The first kappa shape index (κ1) is 16.9. The maximum Gasteiger partial charge on any atom is 0.243 e. The standard InChI is InChI=1S/C12H16F3NO3S/c13-9-5-6-10(12(15)11(9)14)20(18,19)16-7-3-1-2-4-8-17/h5-6,16-17H,1-4,7-8H2. The van der Waals surface area contributed by atoms with Crippen molar-refractivity contribution in [3.8, 4) is 0 Å². The first-order chi connectivity index (χ1) is 9.40. The van der Waals surface area contributed by atoms with E-state index in [4.69, 9.17) is 5.11 Å².